The summed E-state index contributed by atoms with van der Waals surface area (Å²) in [5, 5.41) is 0.610. The van der Waals surface area contributed by atoms with Crippen LogP contribution in [0.1, 0.15) is 31.9 Å². The molecule has 0 spiro atoms. The normalized spacial score (nSPS) is 13.9. The zero-order valence-electron chi connectivity index (χ0n) is 12.4. The molecule has 1 aromatic rings. The molecule has 2 unspecified atom stereocenters. The summed E-state index contributed by atoms with van der Waals surface area (Å²) in [5.74, 6) is 8.11. The van der Waals surface area contributed by atoms with Gasteiger partial charge in [-0.15, -0.1) is 0 Å². The Hall–Kier alpha value is -0.430. The molecule has 20 heavy (non-hydrogen) atoms. The van der Waals surface area contributed by atoms with E-state index in [2.05, 4.69) is 35.2 Å². The van der Waals surface area contributed by atoms with Crippen LogP contribution in [0.4, 0.5) is 0 Å². The lowest BCUT2D eigenvalue weighted by molar-refractivity contribution is 0.382. The summed E-state index contributed by atoms with van der Waals surface area (Å²) in [4.78, 5) is 0. The molecular weight excluding hydrogens is 340 g/mol. The number of benzene rings is 1. The molecule has 0 amide bonds. The number of hydrogen-bond donors (Lipinski definition) is 2. The molecule has 0 bridgehead atoms. The SMILES string of the molecule is CCC(C)SCC(NN)c1ccc(OC)c(Br)c1OC. The molecule has 0 saturated heterocycles. The van der Waals surface area contributed by atoms with Crippen molar-refractivity contribution in [1.82, 2.24) is 5.43 Å². The third-order valence-electron chi connectivity index (χ3n) is 3.22. The fraction of sp³-hybridized carbons (Fsp3) is 0.571. The summed E-state index contributed by atoms with van der Waals surface area (Å²) in [7, 11) is 3.29. The number of hydrazine groups is 1. The number of methoxy groups -OCH3 is 2. The van der Waals surface area contributed by atoms with Gasteiger partial charge in [0.25, 0.3) is 0 Å². The molecule has 0 radical (unpaired) electrons. The van der Waals surface area contributed by atoms with Gasteiger partial charge in [-0.05, 0) is 34.5 Å². The highest BCUT2D eigenvalue weighted by molar-refractivity contribution is 9.10. The smallest absolute Gasteiger partial charge is 0.141 e. The molecule has 1 aromatic carbocycles. The van der Waals surface area contributed by atoms with Gasteiger partial charge in [-0.25, -0.2) is 0 Å². The third-order valence-corrected chi connectivity index (χ3v) is 5.39. The highest BCUT2D eigenvalue weighted by Gasteiger charge is 2.20. The number of hydrogen-bond acceptors (Lipinski definition) is 5. The van der Waals surface area contributed by atoms with Gasteiger partial charge in [-0.2, -0.15) is 11.8 Å². The largest absolute Gasteiger partial charge is 0.495 e. The van der Waals surface area contributed by atoms with Gasteiger partial charge in [0.15, 0.2) is 0 Å². The van der Waals surface area contributed by atoms with Crippen molar-refractivity contribution in [3.63, 3.8) is 0 Å². The molecule has 0 fully saturated rings. The van der Waals surface area contributed by atoms with Gasteiger partial charge in [-0.1, -0.05) is 13.8 Å². The van der Waals surface area contributed by atoms with Crippen LogP contribution in [0.15, 0.2) is 16.6 Å². The monoisotopic (exact) mass is 362 g/mol. The van der Waals surface area contributed by atoms with Crippen LogP contribution < -0.4 is 20.7 Å². The van der Waals surface area contributed by atoms with E-state index in [9.17, 15) is 0 Å². The van der Waals surface area contributed by atoms with Crippen LogP contribution >= 0.6 is 27.7 Å². The van der Waals surface area contributed by atoms with E-state index in [1.165, 1.54) is 0 Å². The number of rotatable bonds is 8. The first-order valence-electron chi connectivity index (χ1n) is 6.57. The van der Waals surface area contributed by atoms with Gasteiger partial charge >= 0.3 is 0 Å². The van der Waals surface area contributed by atoms with Crippen molar-refractivity contribution in [1.29, 1.82) is 0 Å². The van der Waals surface area contributed by atoms with E-state index < -0.39 is 0 Å². The molecule has 0 heterocycles. The molecular formula is C14H23BrN2O2S. The Balaban J connectivity index is 3.00. The molecule has 0 aromatic heterocycles. The van der Waals surface area contributed by atoms with Crippen molar-refractivity contribution in [2.75, 3.05) is 20.0 Å². The van der Waals surface area contributed by atoms with E-state index in [4.69, 9.17) is 15.3 Å². The quantitative estimate of drug-likeness (QED) is 0.547. The maximum absolute atomic E-state index is 5.71. The predicted octanol–water partition coefficient (Wildman–Crippen LogP) is 3.50. The second-order valence-electron chi connectivity index (χ2n) is 4.48. The molecule has 0 saturated carbocycles. The van der Waals surface area contributed by atoms with Crippen molar-refractivity contribution in [2.45, 2.75) is 31.6 Å². The molecule has 2 atom stereocenters. The second-order valence-corrected chi connectivity index (χ2v) is 6.74. The minimum atomic E-state index is 0.0335. The average molecular weight is 363 g/mol. The third kappa shape index (κ3) is 4.28. The van der Waals surface area contributed by atoms with E-state index >= 15 is 0 Å². The highest BCUT2D eigenvalue weighted by Crippen LogP contribution is 2.40. The standard InChI is InChI=1S/C14H23BrN2O2S/c1-5-9(2)20-8-11(17-16)10-6-7-12(18-3)13(15)14(10)19-4/h6-7,9,11,17H,5,8,16H2,1-4H3. The Morgan fingerprint density at radius 1 is 1.35 bits per heavy atom. The van der Waals surface area contributed by atoms with Gasteiger partial charge < -0.3 is 9.47 Å². The summed E-state index contributed by atoms with van der Waals surface area (Å²) in [6.45, 7) is 4.41. The number of nitrogens with one attached hydrogen (secondary N) is 1. The Morgan fingerprint density at radius 2 is 2.05 bits per heavy atom. The van der Waals surface area contributed by atoms with Crippen LogP contribution in [-0.4, -0.2) is 25.2 Å². The molecule has 1 rings (SSSR count). The summed E-state index contributed by atoms with van der Waals surface area (Å²) in [6, 6.07) is 3.94. The van der Waals surface area contributed by atoms with E-state index in [0.717, 1.165) is 33.7 Å². The van der Waals surface area contributed by atoms with Crippen LogP contribution in [-0.2, 0) is 0 Å². The van der Waals surface area contributed by atoms with E-state index in [0.29, 0.717) is 5.25 Å². The molecule has 4 nitrogen and oxygen atoms in total. The van der Waals surface area contributed by atoms with Crippen LogP contribution in [0, 0.1) is 0 Å². The van der Waals surface area contributed by atoms with Gasteiger partial charge in [0.1, 0.15) is 16.0 Å². The lowest BCUT2D eigenvalue weighted by Crippen LogP contribution is -2.30. The van der Waals surface area contributed by atoms with Crippen LogP contribution in [0.25, 0.3) is 0 Å². The maximum Gasteiger partial charge on any atom is 0.141 e. The average Bonchev–Trinajstić information content (AvgIpc) is 2.47. The molecule has 0 aliphatic heterocycles. The number of ether oxygens (including phenoxy) is 2. The van der Waals surface area contributed by atoms with E-state index in [1.807, 2.05) is 23.9 Å². The Morgan fingerprint density at radius 3 is 2.55 bits per heavy atom. The first-order chi connectivity index (χ1) is 9.58. The van der Waals surface area contributed by atoms with E-state index in [-0.39, 0.29) is 6.04 Å². The lowest BCUT2D eigenvalue weighted by Gasteiger charge is -2.22. The van der Waals surface area contributed by atoms with Gasteiger partial charge in [0.2, 0.25) is 0 Å². The zero-order valence-corrected chi connectivity index (χ0v) is 14.8. The summed E-state index contributed by atoms with van der Waals surface area (Å²) in [6.07, 6.45) is 1.14. The minimum absolute atomic E-state index is 0.0335. The Labute approximate surface area is 133 Å². The fourth-order valence-electron chi connectivity index (χ4n) is 1.80. The molecule has 0 aliphatic carbocycles. The first kappa shape index (κ1) is 17.6. The fourth-order valence-corrected chi connectivity index (χ4v) is 3.52. The zero-order chi connectivity index (χ0) is 15.1. The van der Waals surface area contributed by atoms with Crippen molar-refractivity contribution < 1.29 is 9.47 Å². The lowest BCUT2D eigenvalue weighted by atomic mass is 10.1. The number of thioether (sulfide) groups is 1. The van der Waals surface area contributed by atoms with Gasteiger partial charge in [-0.3, -0.25) is 11.3 Å². The Bertz CT molecular complexity index is 432. The number of halogens is 1. The van der Waals surface area contributed by atoms with Crippen molar-refractivity contribution in [3.8, 4) is 11.5 Å². The summed E-state index contributed by atoms with van der Waals surface area (Å²) < 4.78 is 11.6. The van der Waals surface area contributed by atoms with Crippen molar-refractivity contribution >= 4 is 27.7 Å². The predicted molar refractivity (Wildman–Crippen MR) is 89.5 cm³/mol. The maximum atomic E-state index is 5.71. The first-order valence-corrected chi connectivity index (χ1v) is 8.41. The molecule has 114 valence electrons. The van der Waals surface area contributed by atoms with Gasteiger partial charge in [0.05, 0.1) is 20.3 Å². The Kier molecular flexibility index (Phi) is 7.72. The topological polar surface area (TPSA) is 56.5 Å². The highest BCUT2D eigenvalue weighted by atomic mass is 79.9. The van der Waals surface area contributed by atoms with Crippen molar-refractivity contribution in [3.05, 3.63) is 22.2 Å². The summed E-state index contributed by atoms with van der Waals surface area (Å²) >= 11 is 5.41. The van der Waals surface area contributed by atoms with Crippen molar-refractivity contribution in [2.24, 2.45) is 5.84 Å². The minimum Gasteiger partial charge on any atom is -0.495 e. The van der Waals surface area contributed by atoms with Crippen LogP contribution in [0.2, 0.25) is 0 Å². The molecule has 0 aliphatic rings. The van der Waals surface area contributed by atoms with Gasteiger partial charge in [0, 0.05) is 16.6 Å². The molecule has 6 heteroatoms. The second kappa shape index (κ2) is 8.77. The van der Waals surface area contributed by atoms with Crippen LogP contribution in [0.5, 0.6) is 11.5 Å². The van der Waals surface area contributed by atoms with E-state index in [1.54, 1.807) is 14.2 Å². The number of nitrogens with two attached hydrogens (primary N) is 1. The molecule has 3 N–H and O–H groups in total. The summed E-state index contributed by atoms with van der Waals surface area (Å²) in [5.41, 5.74) is 3.90. The van der Waals surface area contributed by atoms with Crippen LogP contribution in [0.3, 0.4) is 0 Å².